The van der Waals surface area contributed by atoms with Gasteiger partial charge in [0.15, 0.2) is 0 Å². The highest BCUT2D eigenvalue weighted by Crippen LogP contribution is 2.56. The maximum atomic E-state index is 10.5. The van der Waals surface area contributed by atoms with Crippen LogP contribution in [0.2, 0.25) is 0 Å². The zero-order valence-electron chi connectivity index (χ0n) is 21.4. The molecule has 0 aliphatic rings. The second-order valence-corrected chi connectivity index (χ2v) is 13.5. The molecule has 0 fully saturated rings. The molecule has 36 heavy (non-hydrogen) atoms. The number of aliphatic hydroxyl groups is 4. The van der Waals surface area contributed by atoms with Crippen LogP contribution in [0.3, 0.4) is 0 Å². The van der Waals surface area contributed by atoms with Gasteiger partial charge < -0.3 is 20.4 Å². The van der Waals surface area contributed by atoms with Crippen LogP contribution in [0.15, 0.2) is 91.0 Å². The zero-order valence-corrected chi connectivity index (χ0v) is 22.3. The molecule has 4 atom stereocenters. The fourth-order valence-electron chi connectivity index (χ4n) is 5.16. The predicted molar refractivity (Wildman–Crippen MR) is 152 cm³/mol. The third-order valence-corrected chi connectivity index (χ3v) is 12.0. The van der Waals surface area contributed by atoms with E-state index in [4.69, 9.17) is 0 Å². The lowest BCUT2D eigenvalue weighted by molar-refractivity contribution is 0.0235. The van der Waals surface area contributed by atoms with Crippen LogP contribution in [0.4, 0.5) is 0 Å². The molecule has 0 saturated heterocycles. The Kier molecular flexibility index (Phi) is 11.6. The van der Waals surface area contributed by atoms with Gasteiger partial charge in [-0.3, -0.25) is 0 Å². The fraction of sp³-hybridized carbons (Fsp3) is 0.419. The minimum Gasteiger partial charge on any atom is -0.394 e. The number of rotatable bonds is 15. The van der Waals surface area contributed by atoms with Crippen molar-refractivity contribution in [2.45, 2.75) is 51.2 Å². The Morgan fingerprint density at radius 2 is 1.03 bits per heavy atom. The molecule has 0 radical (unpaired) electrons. The summed E-state index contributed by atoms with van der Waals surface area (Å²) in [7, 11) is -1.86. The Balaban J connectivity index is 1.80. The van der Waals surface area contributed by atoms with Gasteiger partial charge in [-0.05, 0) is 80.3 Å². The molecule has 5 heteroatoms. The van der Waals surface area contributed by atoms with Crippen molar-refractivity contribution in [3.8, 4) is 0 Å². The number of benzene rings is 3. The van der Waals surface area contributed by atoms with E-state index in [0.29, 0.717) is 6.42 Å². The van der Waals surface area contributed by atoms with E-state index < -0.39 is 19.5 Å². The standard InChI is InChI=1S/C31H42O4P/c1-25(30(34)23-32)20-21-26(31(35)24-33)13-11-12-22-36(27-14-5-2-6-15-27,28-16-7-3-8-17-28)29-18-9-4-10-19-29/h2-10,14-19,25-26,30-35H,11-13,20-24H2,1H3/q+1. The maximum absolute atomic E-state index is 10.5. The monoisotopic (exact) mass is 509 g/mol. The fourth-order valence-corrected chi connectivity index (χ4v) is 9.58. The summed E-state index contributed by atoms with van der Waals surface area (Å²) in [5.41, 5.74) is 0. The summed E-state index contributed by atoms with van der Waals surface area (Å²) >= 11 is 0. The molecule has 3 aromatic rings. The smallest absolute Gasteiger partial charge is 0.112 e. The first kappa shape index (κ1) is 28.5. The lowest BCUT2D eigenvalue weighted by Crippen LogP contribution is -2.33. The van der Waals surface area contributed by atoms with Crippen molar-refractivity contribution in [3.63, 3.8) is 0 Å². The van der Waals surface area contributed by atoms with Crippen molar-refractivity contribution in [1.82, 2.24) is 0 Å². The van der Waals surface area contributed by atoms with Gasteiger partial charge in [-0.25, -0.2) is 0 Å². The molecule has 4 nitrogen and oxygen atoms in total. The van der Waals surface area contributed by atoms with Gasteiger partial charge in [0.2, 0.25) is 0 Å². The molecule has 0 aromatic heterocycles. The van der Waals surface area contributed by atoms with Crippen molar-refractivity contribution in [2.24, 2.45) is 11.8 Å². The van der Waals surface area contributed by atoms with Gasteiger partial charge in [-0.2, -0.15) is 0 Å². The Morgan fingerprint density at radius 3 is 1.44 bits per heavy atom. The molecular weight excluding hydrogens is 467 g/mol. The molecule has 3 rings (SSSR count). The molecule has 4 N–H and O–H groups in total. The molecule has 3 aromatic carbocycles. The Morgan fingerprint density at radius 1 is 0.583 bits per heavy atom. The van der Waals surface area contributed by atoms with E-state index in [-0.39, 0.29) is 25.0 Å². The number of hydrogen-bond acceptors (Lipinski definition) is 4. The van der Waals surface area contributed by atoms with Crippen molar-refractivity contribution in [1.29, 1.82) is 0 Å². The molecule has 0 heterocycles. The van der Waals surface area contributed by atoms with E-state index in [9.17, 15) is 20.4 Å². The van der Waals surface area contributed by atoms with Crippen LogP contribution in [-0.4, -0.2) is 52.0 Å². The van der Waals surface area contributed by atoms with Crippen molar-refractivity contribution in [3.05, 3.63) is 91.0 Å². The third-order valence-electron chi connectivity index (χ3n) is 7.48. The topological polar surface area (TPSA) is 80.9 Å². The Labute approximate surface area is 217 Å². The van der Waals surface area contributed by atoms with E-state index in [1.54, 1.807) is 0 Å². The Hall–Kier alpha value is -2.07. The molecule has 0 amide bonds. The summed E-state index contributed by atoms with van der Waals surface area (Å²) in [5.74, 6) is -0.0718. The first-order valence-electron chi connectivity index (χ1n) is 13.2. The van der Waals surface area contributed by atoms with E-state index in [2.05, 4.69) is 91.0 Å². The van der Waals surface area contributed by atoms with Crippen LogP contribution in [0.1, 0.15) is 39.0 Å². The normalized spacial score (nSPS) is 15.2. The number of aliphatic hydroxyl groups excluding tert-OH is 4. The number of unbranched alkanes of at least 4 members (excludes halogenated alkanes) is 1. The Bertz CT molecular complexity index is 887. The van der Waals surface area contributed by atoms with Gasteiger partial charge in [-0.1, -0.05) is 61.5 Å². The average Bonchev–Trinajstić information content (AvgIpc) is 2.95. The van der Waals surface area contributed by atoms with Gasteiger partial charge in [0.05, 0.1) is 31.6 Å². The first-order valence-corrected chi connectivity index (χ1v) is 15.1. The van der Waals surface area contributed by atoms with Gasteiger partial charge in [0.1, 0.15) is 23.2 Å². The van der Waals surface area contributed by atoms with Gasteiger partial charge in [-0.15, -0.1) is 0 Å². The summed E-state index contributed by atoms with van der Waals surface area (Å²) in [6.45, 7) is 1.41. The summed E-state index contributed by atoms with van der Waals surface area (Å²) in [5, 5.41) is 43.3. The highest BCUT2D eigenvalue weighted by atomic mass is 31.2. The van der Waals surface area contributed by atoms with E-state index in [1.165, 1.54) is 15.9 Å². The zero-order chi connectivity index (χ0) is 25.8. The van der Waals surface area contributed by atoms with E-state index in [0.717, 1.165) is 31.8 Å². The summed E-state index contributed by atoms with van der Waals surface area (Å²) in [4.78, 5) is 0. The molecule has 0 bridgehead atoms. The third kappa shape index (κ3) is 7.25. The maximum Gasteiger partial charge on any atom is 0.112 e. The van der Waals surface area contributed by atoms with Gasteiger partial charge in [0.25, 0.3) is 0 Å². The van der Waals surface area contributed by atoms with Gasteiger partial charge in [0, 0.05) is 0 Å². The van der Waals surface area contributed by atoms with E-state index in [1.807, 2.05) is 6.92 Å². The van der Waals surface area contributed by atoms with Crippen LogP contribution in [0.25, 0.3) is 0 Å². The molecule has 0 aliphatic heterocycles. The van der Waals surface area contributed by atoms with Crippen molar-refractivity contribution >= 4 is 23.2 Å². The molecule has 0 aliphatic carbocycles. The van der Waals surface area contributed by atoms with E-state index >= 15 is 0 Å². The summed E-state index contributed by atoms with van der Waals surface area (Å²) in [6, 6.07) is 32.6. The summed E-state index contributed by atoms with van der Waals surface area (Å²) in [6.07, 6.45) is 3.73. The van der Waals surface area contributed by atoms with Crippen LogP contribution in [0, 0.1) is 11.8 Å². The molecular formula is C31H42O4P+. The molecule has 0 spiro atoms. The van der Waals surface area contributed by atoms with Crippen LogP contribution >= 0.6 is 7.26 Å². The highest BCUT2D eigenvalue weighted by Gasteiger charge is 2.44. The van der Waals surface area contributed by atoms with Gasteiger partial charge >= 0.3 is 0 Å². The minimum absolute atomic E-state index is 0.0266. The lowest BCUT2D eigenvalue weighted by atomic mass is 9.87. The first-order chi connectivity index (χ1) is 17.5. The second kappa shape index (κ2) is 14.6. The number of hydrogen-bond donors (Lipinski definition) is 4. The van der Waals surface area contributed by atoms with Crippen LogP contribution in [0.5, 0.6) is 0 Å². The lowest BCUT2D eigenvalue weighted by Gasteiger charge is -2.28. The minimum atomic E-state index is -1.86. The van der Waals surface area contributed by atoms with Crippen LogP contribution < -0.4 is 15.9 Å². The largest absolute Gasteiger partial charge is 0.394 e. The predicted octanol–water partition coefficient (Wildman–Crippen LogP) is 3.89. The quantitative estimate of drug-likeness (QED) is 0.185. The average molecular weight is 510 g/mol. The molecule has 194 valence electrons. The molecule has 4 unspecified atom stereocenters. The second-order valence-electron chi connectivity index (χ2n) is 9.85. The van der Waals surface area contributed by atoms with Crippen molar-refractivity contribution in [2.75, 3.05) is 19.4 Å². The van der Waals surface area contributed by atoms with Crippen LogP contribution in [-0.2, 0) is 0 Å². The SMILES string of the molecule is CC(CCC(CCCC[P+](c1ccccc1)(c1ccccc1)c1ccccc1)C(O)CO)C(O)CO. The van der Waals surface area contributed by atoms with Crippen molar-refractivity contribution < 1.29 is 20.4 Å². The highest BCUT2D eigenvalue weighted by molar-refractivity contribution is 7.95. The summed E-state index contributed by atoms with van der Waals surface area (Å²) < 4.78 is 0. The molecule has 0 saturated carbocycles.